The number of carbonyl (C=O) groups is 1. The molecule has 0 unspecified atom stereocenters. The normalized spacial score (nSPS) is 18.7. The maximum atomic E-state index is 11.9. The molecule has 1 fully saturated rings. The van der Waals surface area contributed by atoms with Crippen LogP contribution in [0.15, 0.2) is 21.9 Å². The number of hydrogen-bond donors (Lipinski definition) is 1. The van der Waals surface area contributed by atoms with Gasteiger partial charge in [-0.15, -0.1) is 21.5 Å². The van der Waals surface area contributed by atoms with Crippen LogP contribution in [0.1, 0.15) is 31.6 Å². The van der Waals surface area contributed by atoms with E-state index in [2.05, 4.69) is 15.5 Å². The Morgan fingerprint density at radius 1 is 1.57 bits per heavy atom. The molecule has 0 saturated carbocycles. The molecule has 0 aliphatic carbocycles. The fourth-order valence-corrected chi connectivity index (χ4v) is 3.17. The van der Waals surface area contributed by atoms with Gasteiger partial charge in [0.15, 0.2) is 0 Å². The number of nitrogens with zero attached hydrogens (tertiary/aromatic N) is 3. The maximum absolute atomic E-state index is 11.9. The summed E-state index contributed by atoms with van der Waals surface area (Å²) >= 11 is 1.58. The Labute approximate surface area is 127 Å². The van der Waals surface area contributed by atoms with Crippen molar-refractivity contribution in [3.63, 3.8) is 0 Å². The molecule has 7 heteroatoms. The van der Waals surface area contributed by atoms with Gasteiger partial charge in [0.1, 0.15) is 0 Å². The number of nitrogens with one attached hydrogen (secondary N) is 1. The van der Waals surface area contributed by atoms with Crippen LogP contribution < -0.4 is 5.32 Å². The SMILES string of the molecule is CCNC(=O)N1CCC[C@H](c2nnc(-c3cccs3)o2)C1. The van der Waals surface area contributed by atoms with Crippen LogP contribution in [0.5, 0.6) is 0 Å². The van der Waals surface area contributed by atoms with Gasteiger partial charge in [-0.2, -0.15) is 0 Å². The summed E-state index contributed by atoms with van der Waals surface area (Å²) in [6.07, 6.45) is 1.93. The van der Waals surface area contributed by atoms with E-state index in [1.807, 2.05) is 29.3 Å². The first kappa shape index (κ1) is 14.1. The summed E-state index contributed by atoms with van der Waals surface area (Å²) in [4.78, 5) is 14.7. The van der Waals surface area contributed by atoms with E-state index in [4.69, 9.17) is 4.42 Å². The highest BCUT2D eigenvalue weighted by atomic mass is 32.1. The summed E-state index contributed by atoms with van der Waals surface area (Å²) in [6, 6.07) is 3.91. The van der Waals surface area contributed by atoms with Crippen molar-refractivity contribution in [2.45, 2.75) is 25.7 Å². The lowest BCUT2D eigenvalue weighted by Crippen LogP contribution is -2.44. The summed E-state index contributed by atoms with van der Waals surface area (Å²) in [5.74, 6) is 1.32. The lowest BCUT2D eigenvalue weighted by atomic mass is 9.98. The van der Waals surface area contributed by atoms with Gasteiger partial charge in [-0.05, 0) is 31.2 Å². The monoisotopic (exact) mass is 306 g/mol. The average Bonchev–Trinajstić information content (AvgIpc) is 3.18. The van der Waals surface area contributed by atoms with Crippen LogP contribution in [-0.2, 0) is 0 Å². The number of piperidine rings is 1. The van der Waals surface area contributed by atoms with Gasteiger partial charge in [-0.1, -0.05) is 6.07 Å². The van der Waals surface area contributed by atoms with Gasteiger partial charge in [0.25, 0.3) is 5.89 Å². The molecule has 2 aromatic rings. The van der Waals surface area contributed by atoms with E-state index < -0.39 is 0 Å². The third kappa shape index (κ3) is 3.07. The molecule has 0 bridgehead atoms. The zero-order chi connectivity index (χ0) is 14.7. The van der Waals surface area contributed by atoms with Crippen LogP contribution in [-0.4, -0.2) is 40.8 Å². The number of amides is 2. The van der Waals surface area contributed by atoms with Gasteiger partial charge in [-0.25, -0.2) is 4.79 Å². The predicted molar refractivity (Wildman–Crippen MR) is 80.2 cm³/mol. The molecule has 1 aliphatic heterocycles. The molecule has 1 aliphatic rings. The largest absolute Gasteiger partial charge is 0.420 e. The smallest absolute Gasteiger partial charge is 0.317 e. The molecule has 3 rings (SSSR count). The molecular formula is C14H18N4O2S. The molecule has 6 nitrogen and oxygen atoms in total. The van der Waals surface area contributed by atoms with Crippen molar-refractivity contribution in [2.24, 2.45) is 0 Å². The fraction of sp³-hybridized carbons (Fsp3) is 0.500. The standard InChI is InChI=1S/C14H18N4O2S/c1-2-15-14(19)18-7-3-5-10(9-18)12-16-17-13(20-12)11-6-4-8-21-11/h4,6,8,10H,2-3,5,7,9H2,1H3,(H,15,19)/t10-/m0/s1. The van der Waals surface area contributed by atoms with Gasteiger partial charge in [0.2, 0.25) is 5.89 Å². The zero-order valence-electron chi connectivity index (χ0n) is 11.9. The number of rotatable bonds is 3. The van der Waals surface area contributed by atoms with Gasteiger partial charge in [-0.3, -0.25) is 0 Å². The van der Waals surface area contributed by atoms with E-state index in [9.17, 15) is 4.79 Å². The van der Waals surface area contributed by atoms with E-state index in [1.54, 1.807) is 11.3 Å². The molecule has 0 aromatic carbocycles. The van der Waals surface area contributed by atoms with Crippen molar-refractivity contribution in [3.8, 4) is 10.8 Å². The molecule has 3 heterocycles. The Morgan fingerprint density at radius 2 is 2.48 bits per heavy atom. The van der Waals surface area contributed by atoms with E-state index in [0.29, 0.717) is 24.9 Å². The topological polar surface area (TPSA) is 71.3 Å². The summed E-state index contributed by atoms with van der Waals surface area (Å²) in [7, 11) is 0. The molecule has 0 spiro atoms. The van der Waals surface area contributed by atoms with E-state index in [0.717, 1.165) is 24.3 Å². The van der Waals surface area contributed by atoms with Crippen LogP contribution in [0.2, 0.25) is 0 Å². The summed E-state index contributed by atoms with van der Waals surface area (Å²) in [5, 5.41) is 13.1. The Bertz CT molecular complexity index is 596. The van der Waals surface area contributed by atoms with Gasteiger partial charge >= 0.3 is 6.03 Å². The summed E-state index contributed by atoms with van der Waals surface area (Å²) < 4.78 is 5.79. The molecule has 2 aromatic heterocycles. The minimum atomic E-state index is -0.0137. The quantitative estimate of drug-likeness (QED) is 0.946. The molecular weight excluding hydrogens is 288 g/mol. The van der Waals surface area contributed by atoms with Gasteiger partial charge in [0.05, 0.1) is 10.8 Å². The summed E-state index contributed by atoms with van der Waals surface area (Å²) in [5.41, 5.74) is 0. The number of hydrogen-bond acceptors (Lipinski definition) is 5. The van der Waals surface area contributed by atoms with Crippen molar-refractivity contribution in [2.75, 3.05) is 19.6 Å². The Morgan fingerprint density at radius 3 is 3.24 bits per heavy atom. The van der Waals surface area contributed by atoms with E-state index in [1.165, 1.54) is 0 Å². The van der Waals surface area contributed by atoms with Crippen LogP contribution in [0.25, 0.3) is 10.8 Å². The second kappa shape index (κ2) is 6.26. The molecule has 2 amide bonds. The third-order valence-electron chi connectivity index (χ3n) is 3.56. The second-order valence-corrected chi connectivity index (χ2v) is 5.99. The van der Waals surface area contributed by atoms with Crippen molar-refractivity contribution < 1.29 is 9.21 Å². The highest BCUT2D eigenvalue weighted by Crippen LogP contribution is 2.29. The lowest BCUT2D eigenvalue weighted by molar-refractivity contribution is 0.175. The Balaban J connectivity index is 1.70. The highest BCUT2D eigenvalue weighted by Gasteiger charge is 2.28. The Kier molecular flexibility index (Phi) is 4.19. The molecule has 0 radical (unpaired) electrons. The van der Waals surface area contributed by atoms with Crippen LogP contribution in [0, 0.1) is 0 Å². The summed E-state index contributed by atoms with van der Waals surface area (Å²) in [6.45, 7) is 3.99. The highest BCUT2D eigenvalue weighted by molar-refractivity contribution is 7.13. The molecule has 21 heavy (non-hydrogen) atoms. The van der Waals surface area contributed by atoms with E-state index in [-0.39, 0.29) is 11.9 Å². The number of aromatic nitrogens is 2. The van der Waals surface area contributed by atoms with Crippen molar-refractivity contribution >= 4 is 17.4 Å². The number of carbonyl (C=O) groups excluding carboxylic acids is 1. The van der Waals surface area contributed by atoms with Gasteiger partial charge < -0.3 is 14.6 Å². The average molecular weight is 306 g/mol. The predicted octanol–water partition coefficient (Wildman–Crippen LogP) is 2.71. The minimum absolute atomic E-state index is 0.0137. The first-order valence-corrected chi connectivity index (χ1v) is 8.06. The van der Waals surface area contributed by atoms with Crippen molar-refractivity contribution in [3.05, 3.63) is 23.4 Å². The fourth-order valence-electron chi connectivity index (χ4n) is 2.53. The third-order valence-corrected chi connectivity index (χ3v) is 4.42. The van der Waals surface area contributed by atoms with Crippen LogP contribution in [0.4, 0.5) is 4.79 Å². The number of likely N-dealkylation sites (tertiary alicyclic amines) is 1. The maximum Gasteiger partial charge on any atom is 0.317 e. The Hall–Kier alpha value is -1.89. The molecule has 1 saturated heterocycles. The van der Waals surface area contributed by atoms with E-state index >= 15 is 0 Å². The molecule has 112 valence electrons. The molecule has 1 N–H and O–H groups in total. The van der Waals surface area contributed by atoms with Crippen molar-refractivity contribution in [1.82, 2.24) is 20.4 Å². The first-order chi connectivity index (χ1) is 10.3. The van der Waals surface area contributed by atoms with Crippen molar-refractivity contribution in [1.29, 1.82) is 0 Å². The molecule has 1 atom stereocenters. The second-order valence-electron chi connectivity index (χ2n) is 5.04. The zero-order valence-corrected chi connectivity index (χ0v) is 12.7. The number of thiophene rings is 1. The number of urea groups is 1. The van der Waals surface area contributed by atoms with Gasteiger partial charge in [0, 0.05) is 19.6 Å². The van der Waals surface area contributed by atoms with Crippen LogP contribution >= 0.6 is 11.3 Å². The minimum Gasteiger partial charge on any atom is -0.420 e. The lowest BCUT2D eigenvalue weighted by Gasteiger charge is -2.30. The first-order valence-electron chi connectivity index (χ1n) is 7.18. The van der Waals surface area contributed by atoms with Crippen LogP contribution in [0.3, 0.4) is 0 Å².